The summed E-state index contributed by atoms with van der Waals surface area (Å²) in [5.74, 6) is -3.25. The smallest absolute Gasteiger partial charge is 0.307 e. The molecule has 36 heavy (non-hydrogen) atoms. The highest BCUT2D eigenvalue weighted by molar-refractivity contribution is 7.22. The molecule has 1 aromatic heterocycles. The topological polar surface area (TPSA) is 79.3 Å². The van der Waals surface area contributed by atoms with Crippen molar-refractivity contribution in [3.8, 4) is 11.1 Å². The zero-order valence-electron chi connectivity index (χ0n) is 20.1. The average Bonchev–Trinajstić information content (AvgIpc) is 3.52. The first-order chi connectivity index (χ1) is 17.3. The molecule has 184 valence electrons. The van der Waals surface area contributed by atoms with Gasteiger partial charge >= 0.3 is 5.97 Å². The van der Waals surface area contributed by atoms with E-state index < -0.39 is 29.4 Å². The van der Waals surface area contributed by atoms with Gasteiger partial charge in [-0.05, 0) is 48.1 Å². The molecule has 0 bridgehead atoms. The first kappa shape index (κ1) is 24.1. The Bertz CT molecular complexity index is 1450. The number of nitrogens with zero attached hydrogens (tertiary/aromatic N) is 1. The van der Waals surface area contributed by atoms with Crippen LogP contribution in [0.1, 0.15) is 54.9 Å². The summed E-state index contributed by atoms with van der Waals surface area (Å²) in [5, 5.41) is 13.2. The Labute approximate surface area is 213 Å². The lowest BCUT2D eigenvalue weighted by atomic mass is 9.87. The standard InChI is InChI=1S/C29H27FN2O3S/c1-16(2)18-11-14-23-24(15-18)36-29(31-23)32-26-19(17-7-4-3-5-8-17)12-13-22(25(26)30)27(33)20-9-6-10-21(20)28(34)35/h3-5,7-8,11-16,20-21H,6,9-10H2,1-2H3,(H,31,32)(H,34,35)/t20-,21-/m1/s1. The van der Waals surface area contributed by atoms with Crippen molar-refractivity contribution in [1.82, 2.24) is 4.98 Å². The van der Waals surface area contributed by atoms with Crippen molar-refractivity contribution in [2.24, 2.45) is 11.8 Å². The molecule has 0 amide bonds. The number of hydrogen-bond acceptors (Lipinski definition) is 5. The zero-order chi connectivity index (χ0) is 25.4. The molecule has 3 aromatic carbocycles. The fraction of sp³-hybridized carbons (Fsp3) is 0.276. The van der Waals surface area contributed by atoms with E-state index in [0.717, 1.165) is 15.8 Å². The molecule has 5 nitrogen and oxygen atoms in total. The minimum Gasteiger partial charge on any atom is -0.481 e. The van der Waals surface area contributed by atoms with Gasteiger partial charge in [0.1, 0.15) is 0 Å². The van der Waals surface area contributed by atoms with Crippen molar-refractivity contribution in [1.29, 1.82) is 0 Å². The maximum Gasteiger partial charge on any atom is 0.307 e. The van der Waals surface area contributed by atoms with Gasteiger partial charge in [0, 0.05) is 11.5 Å². The van der Waals surface area contributed by atoms with E-state index in [1.165, 1.54) is 23.0 Å². The molecule has 1 aliphatic carbocycles. The van der Waals surface area contributed by atoms with E-state index in [1.807, 2.05) is 42.5 Å². The molecule has 7 heteroatoms. The van der Waals surface area contributed by atoms with Gasteiger partial charge in [-0.3, -0.25) is 9.59 Å². The third kappa shape index (κ3) is 4.51. The minimum atomic E-state index is -0.999. The lowest BCUT2D eigenvalue weighted by Crippen LogP contribution is -2.26. The number of anilines is 2. The molecule has 0 unspecified atom stereocenters. The second-order valence-corrected chi connectivity index (χ2v) is 10.6. The van der Waals surface area contributed by atoms with Crippen LogP contribution in [0.4, 0.5) is 15.2 Å². The number of carboxylic acids is 1. The fourth-order valence-corrected chi connectivity index (χ4v) is 5.90. The van der Waals surface area contributed by atoms with Gasteiger partial charge in [-0.1, -0.05) is 74.1 Å². The van der Waals surface area contributed by atoms with Gasteiger partial charge in [0.25, 0.3) is 0 Å². The molecule has 1 aliphatic rings. The van der Waals surface area contributed by atoms with Gasteiger partial charge in [-0.25, -0.2) is 9.37 Å². The number of Topliss-reactive ketones (excluding diaryl/α,β-unsaturated/α-hetero) is 1. The highest BCUT2D eigenvalue weighted by Gasteiger charge is 2.39. The third-order valence-corrected chi connectivity index (χ3v) is 7.91. The molecule has 2 atom stereocenters. The van der Waals surface area contributed by atoms with E-state index >= 15 is 4.39 Å². The van der Waals surface area contributed by atoms with E-state index in [9.17, 15) is 14.7 Å². The summed E-state index contributed by atoms with van der Waals surface area (Å²) in [6.07, 6.45) is 1.53. The second kappa shape index (κ2) is 9.82. The number of aliphatic carboxylic acids is 1. The predicted octanol–water partition coefficient (Wildman–Crippen LogP) is 7.65. The van der Waals surface area contributed by atoms with E-state index in [0.29, 0.717) is 35.9 Å². The number of rotatable bonds is 7. The van der Waals surface area contributed by atoms with Gasteiger partial charge in [-0.15, -0.1) is 0 Å². The number of aromatic nitrogens is 1. The van der Waals surface area contributed by atoms with Gasteiger partial charge in [0.15, 0.2) is 16.7 Å². The highest BCUT2D eigenvalue weighted by Crippen LogP contribution is 2.40. The molecular formula is C29H27FN2O3S. The van der Waals surface area contributed by atoms with Crippen molar-refractivity contribution in [3.05, 3.63) is 77.6 Å². The second-order valence-electron chi connectivity index (χ2n) is 9.59. The predicted molar refractivity (Wildman–Crippen MR) is 142 cm³/mol. The van der Waals surface area contributed by atoms with Crippen LogP contribution in [0.5, 0.6) is 0 Å². The van der Waals surface area contributed by atoms with Crippen molar-refractivity contribution in [2.45, 2.75) is 39.0 Å². The first-order valence-corrected chi connectivity index (χ1v) is 13.0. The first-order valence-electron chi connectivity index (χ1n) is 12.2. The lowest BCUT2D eigenvalue weighted by Gasteiger charge is -2.18. The summed E-state index contributed by atoms with van der Waals surface area (Å²) in [5.41, 5.74) is 3.50. The zero-order valence-corrected chi connectivity index (χ0v) is 20.9. The van der Waals surface area contributed by atoms with Crippen LogP contribution in [0.15, 0.2) is 60.7 Å². The maximum absolute atomic E-state index is 16.1. The Morgan fingerprint density at radius 2 is 1.81 bits per heavy atom. The van der Waals surface area contributed by atoms with Crippen LogP contribution in [0, 0.1) is 17.7 Å². The Morgan fingerprint density at radius 3 is 2.53 bits per heavy atom. The third-order valence-electron chi connectivity index (χ3n) is 6.97. The fourth-order valence-electron chi connectivity index (χ4n) is 4.98. The largest absolute Gasteiger partial charge is 0.481 e. The lowest BCUT2D eigenvalue weighted by molar-refractivity contribution is -0.142. The summed E-state index contributed by atoms with van der Waals surface area (Å²) in [4.78, 5) is 29.6. The molecule has 0 saturated heterocycles. The number of thiazole rings is 1. The van der Waals surface area contributed by atoms with Gasteiger partial charge < -0.3 is 10.4 Å². The Balaban J connectivity index is 1.58. The van der Waals surface area contributed by atoms with E-state index in [1.54, 1.807) is 6.07 Å². The molecular weight excluding hydrogens is 475 g/mol. The number of hydrogen-bond donors (Lipinski definition) is 2. The van der Waals surface area contributed by atoms with Crippen LogP contribution >= 0.6 is 11.3 Å². The van der Waals surface area contributed by atoms with Crippen molar-refractivity contribution < 1.29 is 19.1 Å². The van der Waals surface area contributed by atoms with Gasteiger partial charge in [-0.2, -0.15) is 0 Å². The SMILES string of the molecule is CC(C)c1ccc2nc(Nc3c(-c4ccccc4)ccc(C(=O)[C@@H]4CCC[C@H]4C(=O)O)c3F)sc2c1. The van der Waals surface area contributed by atoms with Crippen molar-refractivity contribution in [2.75, 3.05) is 5.32 Å². The Kier molecular flexibility index (Phi) is 6.58. The molecule has 4 aromatic rings. The summed E-state index contributed by atoms with van der Waals surface area (Å²) < 4.78 is 17.1. The number of benzene rings is 3. The van der Waals surface area contributed by atoms with E-state index in [2.05, 4.69) is 30.2 Å². The molecule has 5 rings (SSSR count). The van der Waals surface area contributed by atoms with Crippen LogP contribution in [0.2, 0.25) is 0 Å². The molecule has 0 aliphatic heterocycles. The minimum absolute atomic E-state index is 0.0847. The number of carbonyl (C=O) groups is 2. The molecule has 0 radical (unpaired) electrons. The number of carbonyl (C=O) groups excluding carboxylic acids is 1. The monoisotopic (exact) mass is 502 g/mol. The number of fused-ring (bicyclic) bond motifs is 1. The number of halogens is 1. The summed E-state index contributed by atoms with van der Waals surface area (Å²) in [7, 11) is 0. The van der Waals surface area contributed by atoms with Gasteiger partial charge in [0.2, 0.25) is 0 Å². The summed E-state index contributed by atoms with van der Waals surface area (Å²) in [6.45, 7) is 4.26. The van der Waals surface area contributed by atoms with Crippen LogP contribution in [-0.4, -0.2) is 21.8 Å². The normalized spacial score (nSPS) is 17.6. The van der Waals surface area contributed by atoms with Gasteiger partial charge in [0.05, 0.1) is 27.4 Å². The molecule has 1 fully saturated rings. The average molecular weight is 503 g/mol. The molecule has 2 N–H and O–H groups in total. The van der Waals surface area contributed by atoms with Crippen LogP contribution < -0.4 is 5.32 Å². The maximum atomic E-state index is 16.1. The van der Waals surface area contributed by atoms with Crippen LogP contribution in [0.25, 0.3) is 21.3 Å². The van der Waals surface area contributed by atoms with E-state index in [4.69, 9.17) is 0 Å². The molecule has 1 saturated carbocycles. The highest BCUT2D eigenvalue weighted by atomic mass is 32.1. The Hall–Kier alpha value is -3.58. The number of nitrogens with one attached hydrogen (secondary N) is 1. The summed E-state index contributed by atoms with van der Waals surface area (Å²) in [6, 6.07) is 18.7. The summed E-state index contributed by atoms with van der Waals surface area (Å²) >= 11 is 1.43. The van der Waals surface area contributed by atoms with Crippen molar-refractivity contribution in [3.63, 3.8) is 0 Å². The van der Waals surface area contributed by atoms with Crippen molar-refractivity contribution >= 4 is 44.1 Å². The van der Waals surface area contributed by atoms with Crippen LogP contribution in [0.3, 0.4) is 0 Å². The number of carboxylic acid groups (broad SMARTS) is 1. The molecule has 1 heterocycles. The van der Waals surface area contributed by atoms with E-state index in [-0.39, 0.29) is 11.3 Å². The Morgan fingerprint density at radius 1 is 1.06 bits per heavy atom. The quantitative estimate of drug-likeness (QED) is 0.254. The van der Waals surface area contributed by atoms with Crippen LogP contribution in [-0.2, 0) is 4.79 Å². The number of ketones is 1. The molecule has 0 spiro atoms.